The SMILES string of the molecule is CC(=O)NC(=O)c1ccc(-c2ccccc2[N+](=O)[O-])o1. The highest BCUT2D eigenvalue weighted by Gasteiger charge is 2.19. The third-order valence-electron chi connectivity index (χ3n) is 2.49. The Bertz CT molecular complexity index is 690. The lowest BCUT2D eigenvalue weighted by Crippen LogP contribution is -2.27. The van der Waals surface area contributed by atoms with E-state index >= 15 is 0 Å². The third-order valence-corrected chi connectivity index (χ3v) is 2.49. The van der Waals surface area contributed by atoms with Crippen molar-refractivity contribution in [2.24, 2.45) is 0 Å². The highest BCUT2D eigenvalue weighted by Crippen LogP contribution is 2.30. The van der Waals surface area contributed by atoms with Crippen LogP contribution in [0.5, 0.6) is 0 Å². The lowest BCUT2D eigenvalue weighted by Gasteiger charge is -1.99. The number of para-hydroxylation sites is 1. The van der Waals surface area contributed by atoms with E-state index in [2.05, 4.69) is 5.32 Å². The van der Waals surface area contributed by atoms with Crippen molar-refractivity contribution >= 4 is 17.5 Å². The summed E-state index contributed by atoms with van der Waals surface area (Å²) in [6.07, 6.45) is 0. The van der Waals surface area contributed by atoms with E-state index in [1.165, 1.54) is 37.3 Å². The number of hydrogen-bond donors (Lipinski definition) is 1. The van der Waals surface area contributed by atoms with Crippen molar-refractivity contribution in [3.05, 3.63) is 52.3 Å². The second-order valence-corrected chi connectivity index (χ2v) is 3.95. The van der Waals surface area contributed by atoms with Gasteiger partial charge >= 0.3 is 0 Å². The van der Waals surface area contributed by atoms with E-state index in [0.717, 1.165) is 0 Å². The quantitative estimate of drug-likeness (QED) is 0.682. The summed E-state index contributed by atoms with van der Waals surface area (Å²) in [6.45, 7) is 1.20. The minimum atomic E-state index is -0.692. The van der Waals surface area contributed by atoms with E-state index < -0.39 is 16.7 Å². The molecule has 0 aliphatic heterocycles. The molecule has 7 nitrogen and oxygen atoms in total. The molecule has 0 unspecified atom stereocenters. The second kappa shape index (κ2) is 5.35. The van der Waals surface area contributed by atoms with Crippen molar-refractivity contribution in [2.75, 3.05) is 0 Å². The van der Waals surface area contributed by atoms with Crippen LogP contribution in [0.15, 0.2) is 40.8 Å². The zero-order valence-corrected chi connectivity index (χ0v) is 10.5. The maximum Gasteiger partial charge on any atom is 0.293 e. The first-order valence-corrected chi connectivity index (χ1v) is 5.64. The van der Waals surface area contributed by atoms with Crippen molar-refractivity contribution in [3.63, 3.8) is 0 Å². The van der Waals surface area contributed by atoms with Gasteiger partial charge in [-0.25, -0.2) is 0 Å². The van der Waals surface area contributed by atoms with Crippen LogP contribution in [0.4, 0.5) is 5.69 Å². The number of carbonyl (C=O) groups is 2. The molecule has 1 aromatic heterocycles. The first-order chi connectivity index (χ1) is 9.49. The molecule has 0 aliphatic rings. The molecule has 0 atom stereocenters. The summed E-state index contributed by atoms with van der Waals surface area (Å²) in [7, 11) is 0. The standard InChI is InChI=1S/C13H10N2O5/c1-8(16)14-13(17)12-7-6-11(20-12)9-4-2-3-5-10(9)15(18)19/h2-7H,1H3,(H,14,16,17). The number of nitrogens with zero attached hydrogens (tertiary/aromatic N) is 1. The van der Waals surface area contributed by atoms with E-state index in [4.69, 9.17) is 4.42 Å². The topological polar surface area (TPSA) is 102 Å². The van der Waals surface area contributed by atoms with E-state index in [-0.39, 0.29) is 22.8 Å². The summed E-state index contributed by atoms with van der Waals surface area (Å²) < 4.78 is 5.25. The van der Waals surface area contributed by atoms with Crippen LogP contribution in [-0.4, -0.2) is 16.7 Å². The number of rotatable bonds is 3. The second-order valence-electron chi connectivity index (χ2n) is 3.95. The Morgan fingerprint density at radius 2 is 1.90 bits per heavy atom. The van der Waals surface area contributed by atoms with Crippen molar-refractivity contribution in [1.29, 1.82) is 0 Å². The highest BCUT2D eigenvalue weighted by molar-refractivity contribution is 6.02. The van der Waals surface area contributed by atoms with Gasteiger partial charge < -0.3 is 4.42 Å². The van der Waals surface area contributed by atoms with E-state index in [0.29, 0.717) is 0 Å². The highest BCUT2D eigenvalue weighted by atomic mass is 16.6. The molecule has 102 valence electrons. The van der Waals surface area contributed by atoms with Gasteiger partial charge in [-0.3, -0.25) is 25.0 Å². The minimum Gasteiger partial charge on any atom is -0.451 e. The Morgan fingerprint density at radius 3 is 2.55 bits per heavy atom. The van der Waals surface area contributed by atoms with E-state index in [1.54, 1.807) is 6.07 Å². The number of hydrogen-bond acceptors (Lipinski definition) is 5. The Balaban J connectivity index is 2.36. The molecule has 7 heteroatoms. The molecule has 20 heavy (non-hydrogen) atoms. The monoisotopic (exact) mass is 274 g/mol. The molecule has 0 saturated carbocycles. The molecule has 0 bridgehead atoms. The number of imide groups is 1. The molecular weight excluding hydrogens is 264 g/mol. The lowest BCUT2D eigenvalue weighted by atomic mass is 10.1. The van der Waals surface area contributed by atoms with Crippen molar-refractivity contribution in [3.8, 4) is 11.3 Å². The van der Waals surface area contributed by atoms with Crippen LogP contribution in [0.2, 0.25) is 0 Å². The molecule has 2 aromatic rings. The molecule has 1 aromatic carbocycles. The van der Waals surface area contributed by atoms with Crippen LogP contribution < -0.4 is 5.32 Å². The van der Waals surface area contributed by atoms with Gasteiger partial charge in [-0.1, -0.05) is 12.1 Å². The van der Waals surface area contributed by atoms with Crippen LogP contribution in [0.25, 0.3) is 11.3 Å². The van der Waals surface area contributed by atoms with Crippen molar-refractivity contribution in [2.45, 2.75) is 6.92 Å². The smallest absolute Gasteiger partial charge is 0.293 e. The third kappa shape index (κ3) is 2.72. The maximum absolute atomic E-state index is 11.6. The van der Waals surface area contributed by atoms with Gasteiger partial charge in [-0.15, -0.1) is 0 Å². The first kappa shape index (κ1) is 13.5. The maximum atomic E-state index is 11.6. The van der Waals surface area contributed by atoms with Crippen molar-refractivity contribution < 1.29 is 18.9 Å². The number of carbonyl (C=O) groups excluding carboxylic acids is 2. The number of furan rings is 1. The van der Waals surface area contributed by atoms with Crippen LogP contribution in [0.1, 0.15) is 17.5 Å². The number of benzene rings is 1. The first-order valence-electron chi connectivity index (χ1n) is 5.64. The zero-order valence-electron chi connectivity index (χ0n) is 10.5. The summed E-state index contributed by atoms with van der Waals surface area (Å²) >= 11 is 0. The Labute approximate surface area is 113 Å². The Kier molecular flexibility index (Phi) is 3.60. The fraction of sp³-hybridized carbons (Fsp3) is 0.0769. The van der Waals surface area contributed by atoms with E-state index in [1.807, 2.05) is 0 Å². The lowest BCUT2D eigenvalue weighted by molar-refractivity contribution is -0.384. The molecule has 2 amide bonds. The Hall–Kier alpha value is -2.96. The number of nitro benzene ring substituents is 1. The predicted molar refractivity (Wildman–Crippen MR) is 68.9 cm³/mol. The molecule has 1 heterocycles. The largest absolute Gasteiger partial charge is 0.451 e. The van der Waals surface area contributed by atoms with Crippen LogP contribution in [-0.2, 0) is 4.79 Å². The zero-order chi connectivity index (χ0) is 14.7. The molecule has 0 spiro atoms. The summed E-state index contributed by atoms with van der Waals surface area (Å²) in [5.41, 5.74) is 0.139. The molecule has 0 aliphatic carbocycles. The summed E-state index contributed by atoms with van der Waals surface area (Å²) in [5, 5.41) is 13.0. The van der Waals surface area contributed by atoms with Gasteiger partial charge in [0.1, 0.15) is 5.76 Å². The fourth-order valence-electron chi connectivity index (χ4n) is 1.67. The molecule has 2 rings (SSSR count). The normalized spacial score (nSPS) is 10.1. The number of amides is 2. The summed E-state index contributed by atoms with van der Waals surface area (Å²) in [6, 6.07) is 8.81. The summed E-state index contributed by atoms with van der Waals surface area (Å²) in [4.78, 5) is 32.7. The fourth-order valence-corrected chi connectivity index (χ4v) is 1.67. The van der Waals surface area contributed by atoms with Gasteiger partial charge in [0.15, 0.2) is 5.76 Å². The van der Waals surface area contributed by atoms with E-state index in [9.17, 15) is 19.7 Å². The van der Waals surface area contributed by atoms with Gasteiger partial charge in [0.05, 0.1) is 10.5 Å². The molecule has 1 N–H and O–H groups in total. The average Bonchev–Trinajstić information content (AvgIpc) is 2.87. The predicted octanol–water partition coefficient (Wildman–Crippen LogP) is 2.13. The van der Waals surface area contributed by atoms with Gasteiger partial charge in [0.25, 0.3) is 11.6 Å². The molecule has 0 saturated heterocycles. The average molecular weight is 274 g/mol. The van der Waals surface area contributed by atoms with Crippen molar-refractivity contribution in [1.82, 2.24) is 5.32 Å². The van der Waals surface area contributed by atoms with Gasteiger partial charge in [0, 0.05) is 13.0 Å². The molecule has 0 fully saturated rings. The minimum absolute atomic E-state index is 0.0895. The number of nitrogens with one attached hydrogen (secondary N) is 1. The van der Waals surface area contributed by atoms with Gasteiger partial charge in [-0.2, -0.15) is 0 Å². The molecular formula is C13H10N2O5. The van der Waals surface area contributed by atoms with Crippen LogP contribution in [0.3, 0.4) is 0 Å². The van der Waals surface area contributed by atoms with Crippen LogP contribution in [0, 0.1) is 10.1 Å². The van der Waals surface area contributed by atoms with Gasteiger partial charge in [-0.05, 0) is 18.2 Å². The summed E-state index contributed by atoms with van der Waals surface area (Å²) in [5.74, 6) is -1.11. The number of nitro groups is 1. The van der Waals surface area contributed by atoms with Crippen LogP contribution >= 0.6 is 0 Å². The molecule has 0 radical (unpaired) electrons. The van der Waals surface area contributed by atoms with Gasteiger partial charge in [0.2, 0.25) is 5.91 Å². The Morgan fingerprint density at radius 1 is 1.20 bits per heavy atom.